The predicted molar refractivity (Wildman–Crippen MR) is 104 cm³/mol. The third-order valence-electron chi connectivity index (χ3n) is 4.24. The van der Waals surface area contributed by atoms with Crippen LogP contribution in [0.15, 0.2) is 21.9 Å². The lowest BCUT2D eigenvalue weighted by molar-refractivity contribution is -0.149. The molecule has 0 bridgehead atoms. The molecule has 0 aliphatic carbocycles. The van der Waals surface area contributed by atoms with Gasteiger partial charge in [0, 0.05) is 12.3 Å². The van der Waals surface area contributed by atoms with Crippen LogP contribution in [-0.4, -0.2) is 56.5 Å². The van der Waals surface area contributed by atoms with Crippen molar-refractivity contribution in [2.75, 3.05) is 6.61 Å². The number of aliphatic hydroxyl groups excluding tert-OH is 1. The fourth-order valence-corrected chi connectivity index (χ4v) is 3.90. The van der Waals surface area contributed by atoms with Crippen molar-refractivity contribution in [1.29, 1.82) is 0 Å². The summed E-state index contributed by atoms with van der Waals surface area (Å²) in [5, 5.41) is 13.0. The molecule has 2 heterocycles. The standard InChI is InChI=1S/C16H25ClN3O8P/c1-8(2)27-13(23)9(3)19-29(25)26-7-10-12(22)16(4,17)14(28-10)20-6-5-11(21)18-15(20)24/h5-6,8-10,12,14,22,29H,7H2,1-4H3,(H,19,25)(H,18,21,24)/t9-,10+,12+,14+,16+/m0/s1. The molecule has 1 saturated heterocycles. The topological polar surface area (TPSA) is 149 Å². The molecule has 1 aliphatic heterocycles. The molecule has 0 saturated carbocycles. The molecule has 1 aromatic heterocycles. The Balaban J connectivity index is 2.00. The summed E-state index contributed by atoms with van der Waals surface area (Å²) < 4.78 is 29.0. The number of hydrogen-bond donors (Lipinski definition) is 3. The van der Waals surface area contributed by atoms with Crippen LogP contribution in [-0.2, 0) is 23.4 Å². The Kier molecular flexibility index (Phi) is 7.83. The van der Waals surface area contributed by atoms with E-state index in [0.717, 1.165) is 10.6 Å². The van der Waals surface area contributed by atoms with Crippen LogP contribution in [0, 0.1) is 0 Å². The maximum absolute atomic E-state index is 12.1. The summed E-state index contributed by atoms with van der Waals surface area (Å²) in [4.78, 5) is 35.6. The van der Waals surface area contributed by atoms with Gasteiger partial charge in [-0.15, -0.1) is 11.6 Å². The zero-order valence-electron chi connectivity index (χ0n) is 16.4. The number of nitrogens with zero attached hydrogens (tertiary/aromatic N) is 1. The summed E-state index contributed by atoms with van der Waals surface area (Å²) in [5.74, 6) is -0.579. The Morgan fingerprint density at radius 3 is 2.72 bits per heavy atom. The number of carbonyl (C=O) groups is 1. The summed E-state index contributed by atoms with van der Waals surface area (Å²) in [6.07, 6.45) is -2.49. The Labute approximate surface area is 172 Å². The van der Waals surface area contributed by atoms with Crippen LogP contribution >= 0.6 is 19.8 Å². The van der Waals surface area contributed by atoms with Crippen LogP contribution in [0.5, 0.6) is 0 Å². The fourth-order valence-electron chi connectivity index (χ4n) is 2.73. The lowest BCUT2D eigenvalue weighted by Gasteiger charge is -2.26. The molecule has 0 aromatic carbocycles. The molecule has 0 spiro atoms. The van der Waals surface area contributed by atoms with Gasteiger partial charge in [0.15, 0.2) is 6.23 Å². The minimum Gasteiger partial charge on any atom is -0.462 e. The molecule has 13 heteroatoms. The molecule has 0 radical (unpaired) electrons. The number of halogens is 1. The van der Waals surface area contributed by atoms with Crippen LogP contribution in [0.2, 0.25) is 0 Å². The van der Waals surface area contributed by atoms with Gasteiger partial charge in [0.05, 0.1) is 12.7 Å². The normalized spacial score (nSPS) is 29.0. The minimum absolute atomic E-state index is 0.311. The molecule has 11 nitrogen and oxygen atoms in total. The minimum atomic E-state index is -2.86. The van der Waals surface area contributed by atoms with Gasteiger partial charge in [0.1, 0.15) is 23.1 Å². The zero-order chi connectivity index (χ0) is 21.9. The fraction of sp³-hybridized carbons (Fsp3) is 0.688. The van der Waals surface area contributed by atoms with Crippen LogP contribution in [0.25, 0.3) is 0 Å². The molecule has 1 aromatic rings. The first kappa shape index (κ1) is 23.8. The van der Waals surface area contributed by atoms with Crippen molar-refractivity contribution in [2.45, 2.75) is 63.2 Å². The van der Waals surface area contributed by atoms with Crippen molar-refractivity contribution in [1.82, 2.24) is 14.6 Å². The number of H-pyrrole nitrogens is 1. The van der Waals surface area contributed by atoms with Gasteiger partial charge in [-0.2, -0.15) is 0 Å². The van der Waals surface area contributed by atoms with E-state index < -0.39 is 54.7 Å². The number of hydrogen-bond acceptors (Lipinski definition) is 8. The summed E-state index contributed by atoms with van der Waals surface area (Å²) in [5.41, 5.74) is -1.34. The SMILES string of the molecule is CC(C)OC(=O)[C@H](C)N[PH](=O)OC[C@H]1O[C@@H](n2ccc(=O)[nH]c2=O)[C@](C)(Cl)[C@@H]1O. The highest BCUT2D eigenvalue weighted by Crippen LogP contribution is 2.43. The second-order valence-corrected chi connectivity index (χ2v) is 9.06. The van der Waals surface area contributed by atoms with Gasteiger partial charge in [-0.25, -0.2) is 9.88 Å². The Morgan fingerprint density at radius 1 is 1.48 bits per heavy atom. The lowest BCUT2D eigenvalue weighted by Crippen LogP contribution is -2.43. The maximum Gasteiger partial charge on any atom is 0.330 e. The predicted octanol–water partition coefficient (Wildman–Crippen LogP) is 0.128. The largest absolute Gasteiger partial charge is 0.462 e. The number of rotatable bonds is 8. The van der Waals surface area contributed by atoms with Crippen LogP contribution in [0.4, 0.5) is 0 Å². The quantitative estimate of drug-likeness (QED) is 0.283. The van der Waals surface area contributed by atoms with E-state index in [1.807, 2.05) is 0 Å². The smallest absolute Gasteiger partial charge is 0.330 e. The highest BCUT2D eigenvalue weighted by Gasteiger charge is 2.53. The molecule has 3 N–H and O–H groups in total. The molecular weight excluding hydrogens is 429 g/mol. The monoisotopic (exact) mass is 453 g/mol. The second kappa shape index (κ2) is 9.55. The van der Waals surface area contributed by atoms with Crippen LogP contribution in [0.3, 0.4) is 0 Å². The van der Waals surface area contributed by atoms with Crippen LogP contribution < -0.4 is 16.3 Å². The van der Waals surface area contributed by atoms with E-state index in [-0.39, 0.29) is 12.7 Å². The number of ether oxygens (including phenoxy) is 2. The average Bonchev–Trinajstić information content (AvgIpc) is 2.82. The van der Waals surface area contributed by atoms with E-state index in [1.165, 1.54) is 20.0 Å². The Bertz CT molecular complexity index is 870. The molecular formula is C16H25ClN3O8P. The molecule has 1 aliphatic rings. The van der Waals surface area contributed by atoms with E-state index >= 15 is 0 Å². The van der Waals surface area contributed by atoms with Crippen molar-refractivity contribution < 1.29 is 28.5 Å². The van der Waals surface area contributed by atoms with Crippen LogP contribution in [0.1, 0.15) is 33.9 Å². The molecule has 29 heavy (non-hydrogen) atoms. The summed E-state index contributed by atoms with van der Waals surface area (Å²) >= 11 is 6.39. The van der Waals surface area contributed by atoms with E-state index in [0.29, 0.717) is 0 Å². The third kappa shape index (κ3) is 5.78. The molecule has 6 atom stereocenters. The number of aromatic nitrogens is 2. The van der Waals surface area contributed by atoms with Gasteiger partial charge >= 0.3 is 11.7 Å². The Hall–Kier alpha value is -1.49. The van der Waals surface area contributed by atoms with Crippen molar-refractivity contribution in [3.63, 3.8) is 0 Å². The number of aromatic amines is 1. The van der Waals surface area contributed by atoms with Gasteiger partial charge in [-0.05, 0) is 27.7 Å². The van der Waals surface area contributed by atoms with Crippen molar-refractivity contribution in [2.24, 2.45) is 0 Å². The van der Waals surface area contributed by atoms with Gasteiger partial charge in [0.2, 0.25) is 0 Å². The molecule has 1 fully saturated rings. The molecule has 1 unspecified atom stereocenters. The highest BCUT2D eigenvalue weighted by molar-refractivity contribution is 7.36. The van der Waals surface area contributed by atoms with E-state index in [1.54, 1.807) is 13.8 Å². The third-order valence-corrected chi connectivity index (χ3v) is 5.75. The van der Waals surface area contributed by atoms with E-state index in [9.17, 15) is 24.1 Å². The lowest BCUT2D eigenvalue weighted by atomic mass is 10.0. The summed E-state index contributed by atoms with van der Waals surface area (Å²) in [6.45, 7) is 6.01. The number of nitrogens with one attached hydrogen (secondary N) is 2. The van der Waals surface area contributed by atoms with Gasteiger partial charge in [-0.1, -0.05) is 0 Å². The zero-order valence-corrected chi connectivity index (χ0v) is 18.1. The van der Waals surface area contributed by atoms with Gasteiger partial charge < -0.3 is 19.1 Å². The van der Waals surface area contributed by atoms with Gasteiger partial charge in [0.25, 0.3) is 13.7 Å². The molecule has 164 valence electrons. The van der Waals surface area contributed by atoms with Crippen molar-refractivity contribution in [3.8, 4) is 0 Å². The first-order valence-electron chi connectivity index (χ1n) is 8.91. The first-order valence-corrected chi connectivity index (χ1v) is 10.6. The first-order chi connectivity index (χ1) is 13.4. The maximum atomic E-state index is 12.1. The summed E-state index contributed by atoms with van der Waals surface area (Å²) in [7, 11) is -2.86. The second-order valence-electron chi connectivity index (χ2n) is 7.09. The number of esters is 1. The number of carbonyl (C=O) groups excluding carboxylic acids is 1. The number of aliphatic hydroxyl groups is 1. The van der Waals surface area contributed by atoms with Gasteiger partial charge in [-0.3, -0.25) is 23.7 Å². The van der Waals surface area contributed by atoms with E-state index in [2.05, 4.69) is 10.1 Å². The Morgan fingerprint density at radius 2 is 2.14 bits per heavy atom. The van der Waals surface area contributed by atoms with E-state index in [4.69, 9.17) is 25.6 Å². The van der Waals surface area contributed by atoms with Crippen molar-refractivity contribution >= 4 is 25.7 Å². The molecule has 0 amide bonds. The van der Waals surface area contributed by atoms with Crippen molar-refractivity contribution in [3.05, 3.63) is 33.1 Å². The number of alkyl halides is 1. The average molecular weight is 454 g/mol. The summed E-state index contributed by atoms with van der Waals surface area (Å²) in [6, 6.07) is 0.262. The highest BCUT2D eigenvalue weighted by atomic mass is 35.5. The molecule has 2 rings (SSSR count).